The van der Waals surface area contributed by atoms with E-state index in [2.05, 4.69) is 15.9 Å². The Morgan fingerprint density at radius 1 is 1.10 bits per heavy atom. The molecule has 0 aromatic heterocycles. The summed E-state index contributed by atoms with van der Waals surface area (Å²) in [6.45, 7) is 4.28. The number of anilines is 1. The lowest BCUT2D eigenvalue weighted by atomic mass is 10.0. The molecule has 7 heteroatoms. The quantitative estimate of drug-likeness (QED) is 0.298. The van der Waals surface area contributed by atoms with Gasteiger partial charge in [-0.05, 0) is 48.6 Å². The van der Waals surface area contributed by atoms with Gasteiger partial charge in [0.05, 0.1) is 29.7 Å². The Morgan fingerprint density at radius 2 is 1.84 bits per heavy atom. The third-order valence-electron chi connectivity index (χ3n) is 5.58. The van der Waals surface area contributed by atoms with Gasteiger partial charge < -0.3 is 4.74 Å². The standard InChI is InChI=1S/C24H24BrNO4S/c1-3-4-14-30-23(27)15-22-19-7-5-6-18-20(25)12-13-21(24(18)19)26(22)31(28,29)17-10-8-16(2)9-11-17/h5-13,22H,3-4,14-15H2,1-2H3/t22-/m1/s1. The van der Waals surface area contributed by atoms with Crippen LogP contribution in [0.4, 0.5) is 5.69 Å². The minimum atomic E-state index is -3.89. The van der Waals surface area contributed by atoms with Gasteiger partial charge in [0.25, 0.3) is 10.0 Å². The Bertz CT molecular complexity index is 1240. The average molecular weight is 502 g/mol. The van der Waals surface area contributed by atoms with E-state index in [1.807, 2.05) is 38.1 Å². The Balaban J connectivity index is 1.82. The van der Waals surface area contributed by atoms with Gasteiger partial charge in [-0.25, -0.2) is 8.42 Å². The van der Waals surface area contributed by atoms with Gasteiger partial charge in [0.15, 0.2) is 0 Å². The van der Waals surface area contributed by atoms with E-state index in [1.54, 1.807) is 30.3 Å². The van der Waals surface area contributed by atoms with Gasteiger partial charge in [-0.1, -0.05) is 65.2 Å². The van der Waals surface area contributed by atoms with E-state index >= 15 is 0 Å². The Morgan fingerprint density at radius 3 is 2.55 bits per heavy atom. The molecule has 1 atom stereocenters. The second kappa shape index (κ2) is 8.63. The van der Waals surface area contributed by atoms with Crippen molar-refractivity contribution in [3.8, 4) is 0 Å². The zero-order valence-electron chi connectivity index (χ0n) is 17.5. The molecule has 31 heavy (non-hydrogen) atoms. The van der Waals surface area contributed by atoms with Crippen molar-refractivity contribution in [3.63, 3.8) is 0 Å². The van der Waals surface area contributed by atoms with Gasteiger partial charge >= 0.3 is 5.97 Å². The first-order valence-electron chi connectivity index (χ1n) is 10.3. The fraction of sp³-hybridized carbons (Fsp3) is 0.292. The first kappa shape index (κ1) is 21.8. The smallest absolute Gasteiger partial charge is 0.308 e. The van der Waals surface area contributed by atoms with Crippen molar-refractivity contribution in [1.29, 1.82) is 0 Å². The molecule has 1 aliphatic rings. The number of aryl methyl sites for hydroxylation is 1. The van der Waals surface area contributed by atoms with Crippen LogP contribution in [-0.2, 0) is 19.6 Å². The molecule has 0 radical (unpaired) electrons. The molecule has 3 aromatic carbocycles. The van der Waals surface area contributed by atoms with E-state index in [0.29, 0.717) is 12.3 Å². The van der Waals surface area contributed by atoms with Crippen LogP contribution in [0.15, 0.2) is 64.0 Å². The molecule has 0 saturated carbocycles. The number of sulfonamides is 1. The lowest BCUT2D eigenvalue weighted by molar-refractivity contribution is -0.144. The first-order valence-corrected chi connectivity index (χ1v) is 12.6. The minimum absolute atomic E-state index is 0.0415. The molecule has 5 nitrogen and oxygen atoms in total. The number of ether oxygens (including phenoxy) is 1. The van der Waals surface area contributed by atoms with E-state index in [0.717, 1.165) is 39.2 Å². The maximum atomic E-state index is 13.8. The van der Waals surface area contributed by atoms with Gasteiger partial charge in [0.1, 0.15) is 0 Å². The summed E-state index contributed by atoms with van der Waals surface area (Å²) in [6, 6.07) is 15.5. The summed E-state index contributed by atoms with van der Waals surface area (Å²) in [5.41, 5.74) is 2.38. The van der Waals surface area contributed by atoms with E-state index in [-0.39, 0.29) is 11.3 Å². The van der Waals surface area contributed by atoms with Gasteiger partial charge in [-0.2, -0.15) is 0 Å². The number of hydrogen-bond donors (Lipinski definition) is 0. The van der Waals surface area contributed by atoms with Crippen molar-refractivity contribution >= 4 is 48.4 Å². The van der Waals surface area contributed by atoms with Crippen molar-refractivity contribution in [1.82, 2.24) is 0 Å². The van der Waals surface area contributed by atoms with Gasteiger partial charge in [0.2, 0.25) is 0 Å². The van der Waals surface area contributed by atoms with Gasteiger partial charge in [0, 0.05) is 9.86 Å². The molecule has 4 rings (SSSR count). The monoisotopic (exact) mass is 501 g/mol. The Labute approximate surface area is 191 Å². The number of carbonyl (C=O) groups excluding carboxylic acids is 1. The van der Waals surface area contributed by atoms with E-state index in [1.165, 1.54) is 4.31 Å². The fourth-order valence-electron chi connectivity index (χ4n) is 4.00. The molecule has 3 aromatic rings. The summed E-state index contributed by atoms with van der Waals surface area (Å²) in [4.78, 5) is 12.8. The highest BCUT2D eigenvalue weighted by atomic mass is 79.9. The number of rotatable bonds is 7. The molecule has 0 bridgehead atoms. The molecule has 0 amide bonds. The second-order valence-corrected chi connectivity index (χ2v) is 10.4. The lowest BCUT2D eigenvalue weighted by Gasteiger charge is -2.27. The third-order valence-corrected chi connectivity index (χ3v) is 8.10. The number of hydrogen-bond acceptors (Lipinski definition) is 4. The minimum Gasteiger partial charge on any atom is -0.466 e. The number of esters is 1. The summed E-state index contributed by atoms with van der Waals surface area (Å²) in [5, 5.41) is 1.76. The predicted octanol–water partition coefficient (Wildman–Crippen LogP) is 5.89. The van der Waals surface area contributed by atoms with Crippen LogP contribution in [0.5, 0.6) is 0 Å². The summed E-state index contributed by atoms with van der Waals surface area (Å²) in [7, 11) is -3.89. The van der Waals surface area contributed by atoms with E-state index in [9.17, 15) is 13.2 Å². The highest BCUT2D eigenvalue weighted by molar-refractivity contribution is 9.10. The van der Waals surface area contributed by atoms with Crippen LogP contribution in [0.3, 0.4) is 0 Å². The highest BCUT2D eigenvalue weighted by Gasteiger charge is 2.41. The lowest BCUT2D eigenvalue weighted by Crippen LogP contribution is -2.33. The van der Waals surface area contributed by atoms with Crippen molar-refractivity contribution in [2.24, 2.45) is 0 Å². The Hall–Kier alpha value is -2.38. The fourth-order valence-corrected chi connectivity index (χ4v) is 6.10. The molecular formula is C24H24BrNO4S. The van der Waals surface area contributed by atoms with Crippen molar-refractivity contribution in [2.75, 3.05) is 10.9 Å². The summed E-state index contributed by atoms with van der Waals surface area (Å²) in [6.07, 6.45) is 1.66. The van der Waals surface area contributed by atoms with Crippen molar-refractivity contribution in [2.45, 2.75) is 44.0 Å². The van der Waals surface area contributed by atoms with Crippen LogP contribution in [0.1, 0.15) is 43.4 Å². The molecule has 0 spiro atoms. The van der Waals surface area contributed by atoms with Crippen LogP contribution in [-0.4, -0.2) is 21.0 Å². The maximum absolute atomic E-state index is 13.8. The second-order valence-electron chi connectivity index (χ2n) is 7.74. The van der Waals surface area contributed by atoms with Crippen LogP contribution >= 0.6 is 15.9 Å². The molecule has 0 unspecified atom stereocenters. The summed E-state index contributed by atoms with van der Waals surface area (Å²) < 4.78 is 35.2. The van der Waals surface area contributed by atoms with Gasteiger partial charge in [-0.15, -0.1) is 0 Å². The third kappa shape index (κ3) is 3.96. The van der Waals surface area contributed by atoms with Crippen LogP contribution < -0.4 is 4.31 Å². The molecule has 0 fully saturated rings. The molecule has 0 saturated heterocycles. The van der Waals surface area contributed by atoms with Crippen molar-refractivity contribution < 1.29 is 17.9 Å². The highest BCUT2D eigenvalue weighted by Crippen LogP contribution is 2.49. The van der Waals surface area contributed by atoms with Crippen LogP contribution in [0.25, 0.3) is 10.8 Å². The topological polar surface area (TPSA) is 63.7 Å². The molecule has 1 heterocycles. The summed E-state index contributed by atoms with van der Waals surface area (Å²) >= 11 is 3.57. The predicted molar refractivity (Wildman–Crippen MR) is 126 cm³/mol. The largest absolute Gasteiger partial charge is 0.466 e. The van der Waals surface area contributed by atoms with Crippen LogP contribution in [0.2, 0.25) is 0 Å². The van der Waals surface area contributed by atoms with E-state index in [4.69, 9.17) is 4.74 Å². The number of unbranched alkanes of at least 4 members (excludes halogenated alkanes) is 1. The zero-order chi connectivity index (χ0) is 22.2. The average Bonchev–Trinajstić information content (AvgIpc) is 3.06. The number of nitrogens with zero attached hydrogens (tertiary/aromatic N) is 1. The molecule has 0 aliphatic carbocycles. The number of carbonyl (C=O) groups is 1. The van der Waals surface area contributed by atoms with Gasteiger partial charge in [-0.3, -0.25) is 9.10 Å². The maximum Gasteiger partial charge on any atom is 0.308 e. The Kier molecular flexibility index (Phi) is 6.08. The molecule has 1 aliphatic heterocycles. The zero-order valence-corrected chi connectivity index (χ0v) is 19.9. The number of halogens is 1. The normalized spacial score (nSPS) is 15.5. The summed E-state index contributed by atoms with van der Waals surface area (Å²) in [5.74, 6) is -0.397. The molecular weight excluding hydrogens is 478 g/mol. The number of benzene rings is 3. The van der Waals surface area contributed by atoms with Crippen LogP contribution in [0, 0.1) is 6.92 Å². The molecule has 0 N–H and O–H groups in total. The molecule has 162 valence electrons. The SMILES string of the molecule is CCCCOC(=O)C[C@@H]1c2cccc3c(Br)ccc(c23)N1S(=O)(=O)c1ccc(C)cc1. The van der Waals surface area contributed by atoms with Crippen molar-refractivity contribution in [3.05, 3.63) is 70.2 Å². The first-order chi connectivity index (χ1) is 14.8. The van der Waals surface area contributed by atoms with E-state index < -0.39 is 22.0 Å².